The number of hydrogen-bond donors (Lipinski definition) is 1. The number of aryl methyl sites for hydroxylation is 3. The minimum Gasteiger partial charge on any atom is -0.350 e. The molecule has 5 rings (SSSR count). The van der Waals surface area contributed by atoms with E-state index in [1.54, 1.807) is 0 Å². The summed E-state index contributed by atoms with van der Waals surface area (Å²) in [6.45, 7) is 5.91. The minimum atomic E-state index is -0.351. The lowest BCUT2D eigenvalue weighted by Crippen LogP contribution is -2.33. The monoisotopic (exact) mass is 432 g/mol. The molecule has 0 fully saturated rings. The van der Waals surface area contributed by atoms with E-state index < -0.39 is 0 Å². The number of fused-ring (bicyclic) bond motifs is 1. The lowest BCUT2D eigenvalue weighted by Gasteiger charge is -2.18. The second kappa shape index (κ2) is 8.06. The molecule has 0 saturated heterocycles. The maximum absolute atomic E-state index is 13.7. The van der Waals surface area contributed by atoms with E-state index in [-0.39, 0.29) is 11.8 Å². The summed E-state index contributed by atoms with van der Waals surface area (Å²) in [7, 11) is 0. The third-order valence-corrected chi connectivity index (χ3v) is 6.07. The molecule has 4 aromatic rings. The van der Waals surface area contributed by atoms with E-state index in [2.05, 4.69) is 5.32 Å². The van der Waals surface area contributed by atoms with Gasteiger partial charge in [0.25, 0.3) is 11.8 Å². The number of nitrogens with one attached hydrogen (secondary N) is 1. The summed E-state index contributed by atoms with van der Waals surface area (Å²) in [5.41, 5.74) is 5.83. The Morgan fingerprint density at radius 2 is 1.39 bits per heavy atom. The van der Waals surface area contributed by atoms with Crippen molar-refractivity contribution in [1.82, 2.24) is 0 Å². The van der Waals surface area contributed by atoms with E-state index >= 15 is 0 Å². The molecule has 162 valence electrons. The molecule has 1 N–H and O–H groups in total. The van der Waals surface area contributed by atoms with Crippen LogP contribution in [-0.4, -0.2) is 11.8 Å². The maximum Gasteiger partial charge on any atom is 0.282 e. The number of hydrogen-bond acceptors (Lipinski definition) is 3. The molecule has 0 aliphatic carbocycles. The van der Waals surface area contributed by atoms with Crippen LogP contribution in [0.3, 0.4) is 0 Å². The third-order valence-electron chi connectivity index (χ3n) is 6.07. The molecule has 0 bridgehead atoms. The number of imide groups is 1. The van der Waals surface area contributed by atoms with Gasteiger partial charge < -0.3 is 5.32 Å². The fraction of sp³-hybridized carbons (Fsp3) is 0.103. The van der Waals surface area contributed by atoms with Gasteiger partial charge in [0.05, 0.1) is 11.3 Å². The van der Waals surface area contributed by atoms with Crippen molar-refractivity contribution in [1.29, 1.82) is 0 Å². The average Bonchev–Trinajstić information content (AvgIpc) is 3.04. The molecule has 0 saturated carbocycles. The Balaban J connectivity index is 1.67. The number of carbonyl (C=O) groups excluding carboxylic acids is 2. The van der Waals surface area contributed by atoms with E-state index in [0.717, 1.165) is 33.2 Å². The first kappa shape index (κ1) is 20.7. The zero-order chi connectivity index (χ0) is 23.1. The lowest BCUT2D eigenvalue weighted by atomic mass is 10.0. The van der Waals surface area contributed by atoms with Gasteiger partial charge >= 0.3 is 0 Å². The van der Waals surface area contributed by atoms with Crippen LogP contribution in [0.1, 0.15) is 22.3 Å². The molecule has 0 atom stereocenters. The molecular formula is C29H24N2O2. The van der Waals surface area contributed by atoms with Gasteiger partial charge in [-0.25, -0.2) is 4.90 Å². The number of benzene rings is 4. The molecule has 4 heteroatoms. The Bertz CT molecular complexity index is 1440. The van der Waals surface area contributed by atoms with Crippen molar-refractivity contribution in [3.8, 4) is 0 Å². The molecule has 4 nitrogen and oxygen atoms in total. The highest BCUT2D eigenvalue weighted by Crippen LogP contribution is 2.36. The fourth-order valence-electron chi connectivity index (χ4n) is 4.38. The normalized spacial score (nSPS) is 13.8. The quantitative estimate of drug-likeness (QED) is 0.393. The van der Waals surface area contributed by atoms with Gasteiger partial charge in [0.2, 0.25) is 0 Å². The van der Waals surface area contributed by atoms with Crippen LogP contribution in [0.2, 0.25) is 0 Å². The second-order valence-electron chi connectivity index (χ2n) is 8.50. The number of rotatable bonds is 4. The number of amides is 2. The summed E-state index contributed by atoms with van der Waals surface area (Å²) < 4.78 is 0. The van der Waals surface area contributed by atoms with Crippen LogP contribution in [0.4, 0.5) is 11.4 Å². The summed E-state index contributed by atoms with van der Waals surface area (Å²) in [6.07, 6.45) is 0. The molecule has 0 unspecified atom stereocenters. The van der Waals surface area contributed by atoms with Gasteiger partial charge in [0.15, 0.2) is 0 Å². The van der Waals surface area contributed by atoms with Crippen LogP contribution in [-0.2, 0) is 9.59 Å². The van der Waals surface area contributed by atoms with E-state index in [9.17, 15) is 9.59 Å². The molecule has 33 heavy (non-hydrogen) atoms. The van der Waals surface area contributed by atoms with Gasteiger partial charge in [-0.1, -0.05) is 83.9 Å². The predicted molar refractivity (Wildman–Crippen MR) is 134 cm³/mol. The highest BCUT2D eigenvalue weighted by Gasteiger charge is 2.40. The highest BCUT2D eigenvalue weighted by molar-refractivity contribution is 6.46. The Morgan fingerprint density at radius 3 is 2.15 bits per heavy atom. The smallest absolute Gasteiger partial charge is 0.282 e. The fourth-order valence-corrected chi connectivity index (χ4v) is 4.38. The molecular weight excluding hydrogens is 408 g/mol. The van der Waals surface area contributed by atoms with E-state index in [0.29, 0.717) is 22.5 Å². The topological polar surface area (TPSA) is 49.4 Å². The summed E-state index contributed by atoms with van der Waals surface area (Å²) in [6, 6.07) is 27.3. The van der Waals surface area contributed by atoms with Crippen LogP contribution in [0.15, 0.2) is 90.6 Å². The van der Waals surface area contributed by atoms with Crippen LogP contribution >= 0.6 is 0 Å². The van der Waals surface area contributed by atoms with Crippen molar-refractivity contribution < 1.29 is 9.59 Å². The second-order valence-corrected chi connectivity index (χ2v) is 8.50. The molecule has 1 heterocycles. The summed E-state index contributed by atoms with van der Waals surface area (Å²) in [4.78, 5) is 28.7. The van der Waals surface area contributed by atoms with Crippen molar-refractivity contribution in [2.75, 3.05) is 10.2 Å². The Labute approximate surface area is 193 Å². The third kappa shape index (κ3) is 3.60. The molecule has 4 aromatic carbocycles. The average molecular weight is 433 g/mol. The first-order valence-electron chi connectivity index (χ1n) is 11.0. The van der Waals surface area contributed by atoms with E-state index in [4.69, 9.17) is 0 Å². The van der Waals surface area contributed by atoms with Gasteiger partial charge in [0, 0.05) is 11.1 Å². The Kier molecular flexibility index (Phi) is 5.06. The molecule has 0 spiro atoms. The largest absolute Gasteiger partial charge is 0.350 e. The highest BCUT2D eigenvalue weighted by atomic mass is 16.2. The van der Waals surface area contributed by atoms with E-state index in [1.165, 1.54) is 4.90 Å². The SMILES string of the molecule is Cc1ccc(C2=C(Nc3cccc4ccccc34)C(=O)N(c3ccc(C)cc3C)C2=O)cc1. The molecule has 0 radical (unpaired) electrons. The van der Waals surface area contributed by atoms with Gasteiger partial charge in [-0.15, -0.1) is 0 Å². The number of anilines is 2. The summed E-state index contributed by atoms with van der Waals surface area (Å²) in [5, 5.41) is 5.37. The Morgan fingerprint density at radius 1 is 0.697 bits per heavy atom. The molecule has 0 aromatic heterocycles. The summed E-state index contributed by atoms with van der Waals surface area (Å²) in [5.74, 6) is -0.672. The van der Waals surface area contributed by atoms with Gasteiger partial charge in [-0.2, -0.15) is 0 Å². The van der Waals surface area contributed by atoms with Crippen LogP contribution in [0.5, 0.6) is 0 Å². The maximum atomic E-state index is 13.7. The predicted octanol–water partition coefficient (Wildman–Crippen LogP) is 6.16. The van der Waals surface area contributed by atoms with Crippen LogP contribution in [0, 0.1) is 20.8 Å². The number of carbonyl (C=O) groups is 2. The van der Waals surface area contributed by atoms with Crippen LogP contribution < -0.4 is 10.2 Å². The van der Waals surface area contributed by atoms with Gasteiger partial charge in [-0.3, -0.25) is 9.59 Å². The van der Waals surface area contributed by atoms with Crippen molar-refractivity contribution in [2.24, 2.45) is 0 Å². The Hall–Kier alpha value is -4.18. The van der Waals surface area contributed by atoms with Crippen molar-refractivity contribution in [3.05, 3.63) is 113 Å². The minimum absolute atomic E-state index is 0.292. The first-order chi connectivity index (χ1) is 15.9. The first-order valence-corrected chi connectivity index (χ1v) is 11.0. The molecule has 1 aliphatic heterocycles. The summed E-state index contributed by atoms with van der Waals surface area (Å²) >= 11 is 0. The zero-order valence-corrected chi connectivity index (χ0v) is 18.8. The lowest BCUT2D eigenvalue weighted by molar-refractivity contribution is -0.120. The van der Waals surface area contributed by atoms with Gasteiger partial charge in [-0.05, 0) is 49.4 Å². The number of nitrogens with zero attached hydrogens (tertiary/aromatic N) is 1. The van der Waals surface area contributed by atoms with Gasteiger partial charge in [0.1, 0.15) is 5.70 Å². The molecule has 1 aliphatic rings. The molecule has 2 amide bonds. The van der Waals surface area contributed by atoms with Crippen molar-refractivity contribution in [2.45, 2.75) is 20.8 Å². The van der Waals surface area contributed by atoms with Crippen molar-refractivity contribution in [3.63, 3.8) is 0 Å². The van der Waals surface area contributed by atoms with Crippen molar-refractivity contribution >= 4 is 39.5 Å². The van der Waals surface area contributed by atoms with E-state index in [1.807, 2.05) is 106 Å². The standard InChI is InChI=1S/C29H24N2O2/c1-18-11-14-22(15-12-18)26-27(30-24-10-6-8-21-7-4-5-9-23(21)24)29(33)31(28(26)32)25-16-13-19(2)17-20(25)3/h4-17,30H,1-3H3. The zero-order valence-electron chi connectivity index (χ0n) is 18.8. The van der Waals surface area contributed by atoms with Crippen LogP contribution in [0.25, 0.3) is 16.3 Å².